The van der Waals surface area contributed by atoms with Crippen molar-refractivity contribution in [3.8, 4) is 0 Å². The van der Waals surface area contributed by atoms with Crippen LogP contribution in [0.1, 0.15) is 20.3 Å². The lowest BCUT2D eigenvalue weighted by Crippen LogP contribution is -2.28. The van der Waals surface area contributed by atoms with Gasteiger partial charge < -0.3 is 5.32 Å². The van der Waals surface area contributed by atoms with Crippen LogP contribution in [-0.4, -0.2) is 13.1 Å². The Morgan fingerprint density at radius 2 is 2.22 bits per heavy atom. The van der Waals surface area contributed by atoms with Crippen LogP contribution < -0.4 is 5.32 Å². The standard InChI is InChI=1S/C8H17N/c1-5-8(6-2)7(3)9-4/h5,7-9H,1,6H2,2-4H3/t7?,8-/m1/s1. The van der Waals surface area contributed by atoms with Crippen molar-refractivity contribution in [2.24, 2.45) is 5.92 Å². The Kier molecular flexibility index (Phi) is 4.41. The third kappa shape index (κ3) is 2.66. The Morgan fingerprint density at radius 1 is 1.67 bits per heavy atom. The molecule has 0 bridgehead atoms. The Morgan fingerprint density at radius 3 is 2.33 bits per heavy atom. The summed E-state index contributed by atoms with van der Waals surface area (Å²) in [4.78, 5) is 0. The van der Waals surface area contributed by atoms with Gasteiger partial charge in [-0.15, -0.1) is 6.58 Å². The first-order chi connectivity index (χ1) is 4.26. The van der Waals surface area contributed by atoms with Gasteiger partial charge in [0.05, 0.1) is 0 Å². The second-order valence-corrected chi connectivity index (χ2v) is 2.39. The molecule has 1 heteroatoms. The molecule has 0 aromatic rings. The van der Waals surface area contributed by atoms with Gasteiger partial charge >= 0.3 is 0 Å². The first-order valence-electron chi connectivity index (χ1n) is 3.56. The predicted octanol–water partition coefficient (Wildman–Crippen LogP) is 1.81. The van der Waals surface area contributed by atoms with Crippen LogP contribution in [-0.2, 0) is 0 Å². The van der Waals surface area contributed by atoms with Crippen LogP contribution in [0.25, 0.3) is 0 Å². The van der Waals surface area contributed by atoms with E-state index in [-0.39, 0.29) is 0 Å². The van der Waals surface area contributed by atoms with E-state index >= 15 is 0 Å². The van der Waals surface area contributed by atoms with Crippen molar-refractivity contribution in [3.05, 3.63) is 12.7 Å². The summed E-state index contributed by atoms with van der Waals surface area (Å²) in [6.07, 6.45) is 3.19. The van der Waals surface area contributed by atoms with E-state index < -0.39 is 0 Å². The van der Waals surface area contributed by atoms with Gasteiger partial charge in [-0.3, -0.25) is 0 Å². The summed E-state index contributed by atoms with van der Waals surface area (Å²) in [6, 6.07) is 0.562. The van der Waals surface area contributed by atoms with Gasteiger partial charge in [0.2, 0.25) is 0 Å². The molecule has 0 heterocycles. The third-order valence-corrected chi connectivity index (χ3v) is 1.87. The minimum Gasteiger partial charge on any atom is -0.317 e. The molecule has 0 fully saturated rings. The molecular weight excluding hydrogens is 110 g/mol. The van der Waals surface area contributed by atoms with E-state index in [1.54, 1.807) is 0 Å². The molecule has 1 N–H and O–H groups in total. The normalized spacial score (nSPS) is 16.8. The molecular formula is C8H17N. The molecule has 0 rings (SSSR count). The highest BCUT2D eigenvalue weighted by Gasteiger charge is 2.07. The van der Waals surface area contributed by atoms with Crippen molar-refractivity contribution >= 4 is 0 Å². The van der Waals surface area contributed by atoms with Gasteiger partial charge in [0.25, 0.3) is 0 Å². The maximum atomic E-state index is 3.76. The molecule has 0 aliphatic carbocycles. The summed E-state index contributed by atoms with van der Waals surface area (Å²) in [6.45, 7) is 8.12. The second kappa shape index (κ2) is 4.57. The van der Waals surface area contributed by atoms with Crippen LogP contribution in [0, 0.1) is 5.92 Å². The van der Waals surface area contributed by atoms with Crippen molar-refractivity contribution in [3.63, 3.8) is 0 Å². The van der Waals surface area contributed by atoms with Gasteiger partial charge in [0.15, 0.2) is 0 Å². The average Bonchev–Trinajstić information content (AvgIpc) is 1.90. The van der Waals surface area contributed by atoms with E-state index in [9.17, 15) is 0 Å². The summed E-state index contributed by atoms with van der Waals surface area (Å²) in [7, 11) is 1.98. The lowest BCUT2D eigenvalue weighted by atomic mass is 9.99. The Labute approximate surface area is 58.2 Å². The summed E-state index contributed by atoms with van der Waals surface area (Å²) in [5.41, 5.74) is 0. The Hall–Kier alpha value is -0.300. The van der Waals surface area contributed by atoms with Gasteiger partial charge in [-0.25, -0.2) is 0 Å². The molecule has 1 nitrogen and oxygen atoms in total. The van der Waals surface area contributed by atoms with E-state index in [1.165, 1.54) is 6.42 Å². The zero-order chi connectivity index (χ0) is 7.28. The van der Waals surface area contributed by atoms with Gasteiger partial charge in [0.1, 0.15) is 0 Å². The highest BCUT2D eigenvalue weighted by atomic mass is 14.9. The highest BCUT2D eigenvalue weighted by Crippen LogP contribution is 2.07. The van der Waals surface area contributed by atoms with E-state index in [2.05, 4.69) is 25.7 Å². The third-order valence-electron chi connectivity index (χ3n) is 1.87. The number of rotatable bonds is 4. The van der Waals surface area contributed by atoms with E-state index in [0.717, 1.165) is 0 Å². The van der Waals surface area contributed by atoms with Crippen LogP contribution in [0.5, 0.6) is 0 Å². The molecule has 0 aromatic carbocycles. The first-order valence-corrected chi connectivity index (χ1v) is 3.56. The number of hydrogen-bond acceptors (Lipinski definition) is 1. The predicted molar refractivity (Wildman–Crippen MR) is 42.5 cm³/mol. The molecule has 0 spiro atoms. The smallest absolute Gasteiger partial charge is 0.00983 e. The van der Waals surface area contributed by atoms with E-state index in [0.29, 0.717) is 12.0 Å². The summed E-state index contributed by atoms with van der Waals surface area (Å²) in [5, 5.41) is 3.20. The van der Waals surface area contributed by atoms with Gasteiger partial charge in [-0.2, -0.15) is 0 Å². The molecule has 2 atom stereocenters. The molecule has 0 aliphatic heterocycles. The lowest BCUT2D eigenvalue weighted by molar-refractivity contribution is 0.456. The fourth-order valence-corrected chi connectivity index (χ4v) is 0.938. The Balaban J connectivity index is 3.63. The van der Waals surface area contributed by atoms with Crippen LogP contribution in [0.15, 0.2) is 12.7 Å². The maximum absolute atomic E-state index is 3.76. The molecule has 0 aromatic heterocycles. The lowest BCUT2D eigenvalue weighted by Gasteiger charge is -2.17. The van der Waals surface area contributed by atoms with Crippen molar-refractivity contribution in [1.82, 2.24) is 5.32 Å². The minimum atomic E-state index is 0.562. The van der Waals surface area contributed by atoms with Gasteiger partial charge in [0, 0.05) is 6.04 Å². The number of nitrogens with one attached hydrogen (secondary N) is 1. The molecule has 0 saturated heterocycles. The molecule has 0 aliphatic rings. The zero-order valence-corrected chi connectivity index (χ0v) is 6.65. The van der Waals surface area contributed by atoms with Crippen molar-refractivity contribution < 1.29 is 0 Å². The van der Waals surface area contributed by atoms with Crippen molar-refractivity contribution in [1.29, 1.82) is 0 Å². The molecule has 9 heavy (non-hydrogen) atoms. The van der Waals surface area contributed by atoms with Crippen LogP contribution in [0.3, 0.4) is 0 Å². The fraction of sp³-hybridized carbons (Fsp3) is 0.750. The molecule has 0 radical (unpaired) electrons. The van der Waals surface area contributed by atoms with Crippen molar-refractivity contribution in [2.45, 2.75) is 26.3 Å². The SMILES string of the molecule is C=C[C@H](CC)C(C)NC. The minimum absolute atomic E-state index is 0.562. The average molecular weight is 127 g/mol. The zero-order valence-electron chi connectivity index (χ0n) is 6.65. The molecule has 0 saturated carbocycles. The highest BCUT2D eigenvalue weighted by molar-refractivity contribution is 4.84. The topological polar surface area (TPSA) is 12.0 Å². The molecule has 1 unspecified atom stereocenters. The summed E-state index contributed by atoms with van der Waals surface area (Å²) >= 11 is 0. The molecule has 0 amide bonds. The van der Waals surface area contributed by atoms with E-state index in [1.807, 2.05) is 13.1 Å². The van der Waals surface area contributed by atoms with E-state index in [4.69, 9.17) is 0 Å². The monoisotopic (exact) mass is 127 g/mol. The second-order valence-electron chi connectivity index (χ2n) is 2.39. The maximum Gasteiger partial charge on any atom is 0.00983 e. The fourth-order valence-electron chi connectivity index (χ4n) is 0.938. The van der Waals surface area contributed by atoms with Gasteiger partial charge in [-0.1, -0.05) is 13.0 Å². The quantitative estimate of drug-likeness (QED) is 0.568. The Bertz CT molecular complexity index is 78.6. The molecule has 54 valence electrons. The largest absolute Gasteiger partial charge is 0.317 e. The van der Waals surface area contributed by atoms with Crippen LogP contribution in [0.4, 0.5) is 0 Å². The number of hydrogen-bond donors (Lipinski definition) is 1. The first kappa shape index (κ1) is 8.70. The van der Waals surface area contributed by atoms with Crippen LogP contribution >= 0.6 is 0 Å². The van der Waals surface area contributed by atoms with Crippen LogP contribution in [0.2, 0.25) is 0 Å². The summed E-state index contributed by atoms with van der Waals surface area (Å²) in [5.74, 6) is 0.620. The summed E-state index contributed by atoms with van der Waals surface area (Å²) < 4.78 is 0. The van der Waals surface area contributed by atoms with Gasteiger partial charge in [-0.05, 0) is 26.3 Å². The van der Waals surface area contributed by atoms with Crippen molar-refractivity contribution in [2.75, 3.05) is 7.05 Å².